The molecule has 0 unspecified atom stereocenters. The Morgan fingerprint density at radius 3 is 2.50 bits per heavy atom. The van der Waals surface area contributed by atoms with Gasteiger partial charge >= 0.3 is 0 Å². The molecule has 7 nitrogen and oxygen atoms in total. The van der Waals surface area contributed by atoms with Gasteiger partial charge in [-0.05, 0) is 48.2 Å². The smallest absolute Gasteiger partial charge is 0.261 e. The van der Waals surface area contributed by atoms with E-state index in [4.69, 9.17) is 11.6 Å². The van der Waals surface area contributed by atoms with Crippen LogP contribution in [0.2, 0.25) is 5.02 Å². The van der Waals surface area contributed by atoms with Crippen molar-refractivity contribution in [3.63, 3.8) is 0 Å². The molecule has 10 heteroatoms. The van der Waals surface area contributed by atoms with Crippen molar-refractivity contribution in [1.29, 1.82) is 0 Å². The standard InChI is InChI=1S/C22H20ClN3O4S2/c1-22(2)11-17-19(18(27)12-22)31-21(24-17)25-20(28)15-5-3-4-6-16(15)26-32(29,30)14-9-7-13(23)8-10-14/h3-10,26H,11-12H2,1-2H3,(H,24,25,28). The quantitative estimate of drug-likeness (QED) is 0.524. The Labute approximate surface area is 194 Å². The molecule has 1 heterocycles. The van der Waals surface area contributed by atoms with E-state index in [1.165, 1.54) is 36.4 Å². The number of hydrogen-bond donors (Lipinski definition) is 2. The van der Waals surface area contributed by atoms with Gasteiger partial charge in [0.1, 0.15) is 0 Å². The van der Waals surface area contributed by atoms with Gasteiger partial charge in [0.05, 0.1) is 26.7 Å². The van der Waals surface area contributed by atoms with Crippen molar-refractivity contribution < 1.29 is 18.0 Å². The fourth-order valence-corrected chi connectivity index (χ4v) is 5.65. The van der Waals surface area contributed by atoms with Gasteiger partial charge in [-0.25, -0.2) is 13.4 Å². The van der Waals surface area contributed by atoms with Gasteiger partial charge in [-0.3, -0.25) is 19.6 Å². The number of sulfonamides is 1. The third-order valence-electron chi connectivity index (χ3n) is 5.00. The molecule has 0 bridgehead atoms. The predicted octanol–water partition coefficient (Wildman–Crippen LogP) is 5.00. The fraction of sp³-hybridized carbons (Fsp3) is 0.227. The molecule has 4 rings (SSSR count). The second kappa shape index (κ2) is 8.31. The summed E-state index contributed by atoms with van der Waals surface area (Å²) in [6.07, 6.45) is 1.09. The number of hydrogen-bond acceptors (Lipinski definition) is 6. The zero-order chi connectivity index (χ0) is 23.1. The highest BCUT2D eigenvalue weighted by Crippen LogP contribution is 2.38. The summed E-state index contributed by atoms with van der Waals surface area (Å²) in [5.74, 6) is -0.511. The largest absolute Gasteiger partial charge is 0.298 e. The Balaban J connectivity index is 1.58. The fourth-order valence-electron chi connectivity index (χ4n) is 3.53. The van der Waals surface area contributed by atoms with E-state index in [9.17, 15) is 18.0 Å². The van der Waals surface area contributed by atoms with Crippen molar-refractivity contribution in [2.75, 3.05) is 10.0 Å². The van der Waals surface area contributed by atoms with Gasteiger partial charge in [0.15, 0.2) is 10.9 Å². The van der Waals surface area contributed by atoms with E-state index in [0.717, 1.165) is 11.3 Å². The number of aromatic nitrogens is 1. The number of nitrogens with zero attached hydrogens (tertiary/aromatic N) is 1. The minimum Gasteiger partial charge on any atom is -0.298 e. The molecule has 0 atom stereocenters. The first-order chi connectivity index (χ1) is 15.0. The van der Waals surface area contributed by atoms with Crippen LogP contribution < -0.4 is 10.0 Å². The van der Waals surface area contributed by atoms with Gasteiger partial charge < -0.3 is 0 Å². The van der Waals surface area contributed by atoms with Crippen LogP contribution in [0.3, 0.4) is 0 Å². The number of thiazole rings is 1. The molecular formula is C22H20ClN3O4S2. The van der Waals surface area contributed by atoms with E-state index in [-0.39, 0.29) is 27.3 Å². The summed E-state index contributed by atoms with van der Waals surface area (Å²) in [6.45, 7) is 4.02. The second-order valence-corrected chi connectivity index (χ2v) is 11.4. The van der Waals surface area contributed by atoms with E-state index >= 15 is 0 Å². The molecule has 2 aromatic carbocycles. The van der Waals surface area contributed by atoms with Crippen molar-refractivity contribution in [3.05, 3.63) is 69.7 Å². The van der Waals surface area contributed by atoms with E-state index < -0.39 is 15.9 Å². The number of carbonyl (C=O) groups excluding carboxylic acids is 2. The number of benzene rings is 2. The molecule has 3 aromatic rings. The summed E-state index contributed by atoms with van der Waals surface area (Å²) in [5.41, 5.74) is 0.762. The van der Waals surface area contributed by atoms with Crippen molar-refractivity contribution in [3.8, 4) is 0 Å². The lowest BCUT2D eigenvalue weighted by Gasteiger charge is -2.26. The lowest BCUT2D eigenvalue weighted by atomic mass is 9.78. The first kappa shape index (κ1) is 22.4. The van der Waals surface area contributed by atoms with Crippen LogP contribution in [-0.4, -0.2) is 25.1 Å². The van der Waals surface area contributed by atoms with Crippen LogP contribution in [0.25, 0.3) is 0 Å². The minimum absolute atomic E-state index is 0.0189. The number of anilines is 2. The molecule has 0 saturated carbocycles. The molecule has 0 fully saturated rings. The highest BCUT2D eigenvalue weighted by Gasteiger charge is 2.34. The molecule has 1 aromatic heterocycles. The monoisotopic (exact) mass is 489 g/mol. The molecule has 0 radical (unpaired) electrons. The van der Waals surface area contributed by atoms with Crippen LogP contribution in [0.1, 0.15) is 46.0 Å². The summed E-state index contributed by atoms with van der Waals surface area (Å²) in [5, 5.41) is 3.42. The molecule has 32 heavy (non-hydrogen) atoms. The summed E-state index contributed by atoms with van der Waals surface area (Å²) in [6, 6.07) is 12.0. The number of ketones is 1. The molecule has 1 amide bonds. The van der Waals surface area contributed by atoms with Crippen LogP contribution in [0, 0.1) is 5.41 Å². The molecule has 1 aliphatic rings. The number of para-hydroxylation sites is 1. The lowest BCUT2D eigenvalue weighted by molar-refractivity contribution is 0.0915. The maximum absolute atomic E-state index is 12.9. The number of carbonyl (C=O) groups is 2. The zero-order valence-corrected chi connectivity index (χ0v) is 19.7. The van der Waals surface area contributed by atoms with Gasteiger partial charge in [0.2, 0.25) is 0 Å². The first-order valence-electron chi connectivity index (χ1n) is 9.76. The number of nitrogens with one attached hydrogen (secondary N) is 2. The van der Waals surface area contributed by atoms with Crippen molar-refractivity contribution in [1.82, 2.24) is 4.98 Å². The van der Waals surface area contributed by atoms with Crippen LogP contribution >= 0.6 is 22.9 Å². The summed E-state index contributed by atoms with van der Waals surface area (Å²) < 4.78 is 27.9. The van der Waals surface area contributed by atoms with Gasteiger partial charge in [-0.15, -0.1) is 0 Å². The zero-order valence-electron chi connectivity index (χ0n) is 17.3. The summed E-state index contributed by atoms with van der Waals surface area (Å²) in [7, 11) is -3.93. The van der Waals surface area contributed by atoms with E-state index in [0.29, 0.717) is 33.6 Å². The Morgan fingerprint density at radius 2 is 1.78 bits per heavy atom. The van der Waals surface area contributed by atoms with E-state index in [1.54, 1.807) is 12.1 Å². The SMILES string of the molecule is CC1(C)CC(=O)c2sc(NC(=O)c3ccccc3NS(=O)(=O)c3ccc(Cl)cc3)nc2C1. The number of amides is 1. The Kier molecular flexibility index (Phi) is 5.83. The van der Waals surface area contributed by atoms with Gasteiger partial charge in [0, 0.05) is 11.4 Å². The van der Waals surface area contributed by atoms with Gasteiger partial charge in [0.25, 0.3) is 15.9 Å². The summed E-state index contributed by atoms with van der Waals surface area (Å²) >= 11 is 6.97. The van der Waals surface area contributed by atoms with Crippen molar-refractivity contribution in [2.45, 2.75) is 31.6 Å². The maximum atomic E-state index is 12.9. The van der Waals surface area contributed by atoms with Crippen molar-refractivity contribution in [2.24, 2.45) is 5.41 Å². The van der Waals surface area contributed by atoms with Crippen LogP contribution in [0.4, 0.5) is 10.8 Å². The molecule has 0 aliphatic heterocycles. The maximum Gasteiger partial charge on any atom is 0.261 e. The van der Waals surface area contributed by atoms with E-state index in [2.05, 4.69) is 15.0 Å². The van der Waals surface area contributed by atoms with Gasteiger partial charge in [-0.1, -0.05) is 48.9 Å². The second-order valence-electron chi connectivity index (χ2n) is 8.29. The molecule has 1 aliphatic carbocycles. The number of halogens is 1. The average Bonchev–Trinajstić information content (AvgIpc) is 3.09. The van der Waals surface area contributed by atoms with Crippen LogP contribution in [-0.2, 0) is 16.4 Å². The molecule has 2 N–H and O–H groups in total. The lowest BCUT2D eigenvalue weighted by Crippen LogP contribution is -2.26. The minimum atomic E-state index is -3.93. The van der Waals surface area contributed by atoms with Crippen molar-refractivity contribution >= 4 is 55.5 Å². The highest BCUT2D eigenvalue weighted by molar-refractivity contribution is 7.92. The first-order valence-corrected chi connectivity index (χ1v) is 12.4. The van der Waals surface area contributed by atoms with E-state index in [1.807, 2.05) is 13.8 Å². The molecule has 0 spiro atoms. The normalized spacial score (nSPS) is 15.2. The predicted molar refractivity (Wildman–Crippen MR) is 125 cm³/mol. The van der Waals surface area contributed by atoms with Gasteiger partial charge in [-0.2, -0.15) is 0 Å². The Hall–Kier alpha value is -2.75. The molecule has 0 saturated heterocycles. The average molecular weight is 490 g/mol. The topological polar surface area (TPSA) is 105 Å². The number of rotatable bonds is 5. The molecule has 166 valence electrons. The highest BCUT2D eigenvalue weighted by atomic mass is 35.5. The van der Waals surface area contributed by atoms with Crippen LogP contribution in [0.5, 0.6) is 0 Å². The third kappa shape index (κ3) is 4.69. The summed E-state index contributed by atoms with van der Waals surface area (Å²) in [4.78, 5) is 30.4. The molecular weight excluding hydrogens is 470 g/mol. The number of Topliss-reactive ketones (excluding diaryl/α,β-unsaturated/α-hetero) is 1. The number of fused-ring (bicyclic) bond motifs is 1. The third-order valence-corrected chi connectivity index (χ3v) is 7.68. The van der Waals surface area contributed by atoms with Crippen LogP contribution in [0.15, 0.2) is 53.4 Å². The Bertz CT molecular complexity index is 1320. The Morgan fingerprint density at radius 1 is 1.09 bits per heavy atom.